The molecule has 0 fully saturated rings. The summed E-state index contributed by atoms with van der Waals surface area (Å²) in [6.07, 6.45) is 1.47. The normalized spacial score (nSPS) is 10.3. The Labute approximate surface area is 135 Å². The lowest BCUT2D eigenvalue weighted by Crippen LogP contribution is -2.05. The molecule has 1 aromatic heterocycles. The fraction of sp³-hybridized carbons (Fsp3) is 0.200. The molecule has 0 aliphatic rings. The highest BCUT2D eigenvalue weighted by atomic mass is 127. The highest BCUT2D eigenvalue weighted by Crippen LogP contribution is 2.32. The summed E-state index contributed by atoms with van der Waals surface area (Å²) in [7, 11) is 2.79. The van der Waals surface area contributed by atoms with Crippen molar-refractivity contribution >= 4 is 28.6 Å². The number of benzene rings is 1. The Kier molecular flexibility index (Phi) is 4.76. The number of hydrogen-bond donors (Lipinski definition) is 0. The number of nitrogens with zero attached hydrogens (tertiary/aromatic N) is 1. The largest absolute Gasteiger partial charge is 0.496 e. The van der Waals surface area contributed by atoms with Gasteiger partial charge in [-0.1, -0.05) is 0 Å². The Morgan fingerprint density at radius 1 is 1.24 bits per heavy atom. The van der Waals surface area contributed by atoms with Gasteiger partial charge in [-0.15, -0.1) is 0 Å². The van der Waals surface area contributed by atoms with Crippen LogP contribution in [0.25, 0.3) is 11.1 Å². The molecule has 0 radical (unpaired) electrons. The van der Waals surface area contributed by atoms with Gasteiger partial charge in [-0.2, -0.15) is 0 Å². The zero-order valence-electron chi connectivity index (χ0n) is 11.7. The summed E-state index contributed by atoms with van der Waals surface area (Å²) in [5.74, 6) is -0.439. The molecule has 110 valence electrons. The topological polar surface area (TPSA) is 48.4 Å². The van der Waals surface area contributed by atoms with Crippen LogP contribution < -0.4 is 4.74 Å². The van der Waals surface area contributed by atoms with Crippen molar-refractivity contribution in [3.63, 3.8) is 0 Å². The minimum absolute atomic E-state index is 0.197. The first-order chi connectivity index (χ1) is 9.97. The second-order valence-corrected chi connectivity index (χ2v) is 5.50. The molecule has 1 heterocycles. The SMILES string of the molecule is COC(=O)c1cc(C)c(-c2cc(I)c(OC)cc2F)cn1. The Balaban J connectivity index is 2.52. The van der Waals surface area contributed by atoms with Gasteiger partial charge in [0.2, 0.25) is 0 Å². The number of carbonyl (C=O) groups is 1. The van der Waals surface area contributed by atoms with Crippen LogP contribution in [0.15, 0.2) is 24.4 Å². The van der Waals surface area contributed by atoms with E-state index in [0.717, 1.165) is 9.13 Å². The number of halogens is 2. The molecule has 0 aliphatic carbocycles. The maximum atomic E-state index is 14.2. The number of aryl methyl sites for hydroxylation is 1. The highest BCUT2D eigenvalue weighted by Gasteiger charge is 2.15. The molecule has 0 N–H and O–H groups in total. The van der Waals surface area contributed by atoms with Gasteiger partial charge in [-0.25, -0.2) is 14.2 Å². The summed E-state index contributed by atoms with van der Waals surface area (Å²) >= 11 is 2.08. The van der Waals surface area contributed by atoms with Gasteiger partial charge >= 0.3 is 5.97 Å². The number of esters is 1. The van der Waals surface area contributed by atoms with Gasteiger partial charge in [0, 0.05) is 23.4 Å². The molecule has 2 aromatic rings. The van der Waals surface area contributed by atoms with E-state index in [1.807, 2.05) is 0 Å². The van der Waals surface area contributed by atoms with Gasteiger partial charge in [0.05, 0.1) is 17.8 Å². The van der Waals surface area contributed by atoms with E-state index in [2.05, 4.69) is 32.3 Å². The lowest BCUT2D eigenvalue weighted by Gasteiger charge is -2.11. The summed E-state index contributed by atoms with van der Waals surface area (Å²) in [6.45, 7) is 1.79. The summed E-state index contributed by atoms with van der Waals surface area (Å²) in [5, 5.41) is 0. The first-order valence-corrected chi connectivity index (χ1v) is 7.14. The van der Waals surface area contributed by atoms with E-state index >= 15 is 0 Å². The van der Waals surface area contributed by atoms with E-state index in [0.29, 0.717) is 16.9 Å². The lowest BCUT2D eigenvalue weighted by atomic mass is 10.0. The molecule has 0 aliphatic heterocycles. The van der Waals surface area contributed by atoms with Gasteiger partial charge in [0.15, 0.2) is 0 Å². The molecule has 0 amide bonds. The van der Waals surface area contributed by atoms with E-state index < -0.39 is 11.8 Å². The van der Waals surface area contributed by atoms with E-state index in [-0.39, 0.29) is 5.69 Å². The van der Waals surface area contributed by atoms with Gasteiger partial charge in [0.1, 0.15) is 17.3 Å². The van der Waals surface area contributed by atoms with Gasteiger partial charge in [0.25, 0.3) is 0 Å². The number of rotatable bonds is 3. The van der Waals surface area contributed by atoms with Crippen molar-refractivity contribution in [2.24, 2.45) is 0 Å². The summed E-state index contributed by atoms with van der Waals surface area (Å²) in [5.41, 5.74) is 1.98. The zero-order chi connectivity index (χ0) is 15.6. The molecule has 4 nitrogen and oxygen atoms in total. The Morgan fingerprint density at radius 2 is 1.95 bits per heavy atom. The van der Waals surface area contributed by atoms with Crippen LogP contribution in [0.3, 0.4) is 0 Å². The van der Waals surface area contributed by atoms with Crippen molar-refractivity contribution in [3.8, 4) is 16.9 Å². The Morgan fingerprint density at radius 3 is 2.52 bits per heavy atom. The van der Waals surface area contributed by atoms with Crippen molar-refractivity contribution in [1.29, 1.82) is 0 Å². The monoisotopic (exact) mass is 401 g/mol. The minimum Gasteiger partial charge on any atom is -0.496 e. The van der Waals surface area contributed by atoms with E-state index in [4.69, 9.17) is 4.74 Å². The molecule has 0 unspecified atom stereocenters. The van der Waals surface area contributed by atoms with E-state index in [1.54, 1.807) is 19.1 Å². The maximum Gasteiger partial charge on any atom is 0.356 e. The predicted molar refractivity (Wildman–Crippen MR) is 85.0 cm³/mol. The number of aromatic nitrogens is 1. The smallest absolute Gasteiger partial charge is 0.356 e. The fourth-order valence-corrected chi connectivity index (χ4v) is 2.63. The van der Waals surface area contributed by atoms with Crippen LogP contribution in [0, 0.1) is 16.3 Å². The van der Waals surface area contributed by atoms with E-state index in [1.165, 1.54) is 26.5 Å². The number of hydrogen-bond acceptors (Lipinski definition) is 4. The van der Waals surface area contributed by atoms with Crippen molar-refractivity contribution in [2.75, 3.05) is 14.2 Å². The van der Waals surface area contributed by atoms with Gasteiger partial charge in [-0.05, 0) is 47.2 Å². The first kappa shape index (κ1) is 15.7. The first-order valence-electron chi connectivity index (χ1n) is 6.06. The molecule has 0 bridgehead atoms. The van der Waals surface area contributed by atoms with Crippen LogP contribution in [0.1, 0.15) is 16.1 Å². The second kappa shape index (κ2) is 6.38. The summed E-state index contributed by atoms with van der Waals surface area (Å²) < 4.78 is 24.7. The second-order valence-electron chi connectivity index (χ2n) is 4.34. The third-order valence-corrected chi connectivity index (χ3v) is 3.88. The molecular weight excluding hydrogens is 388 g/mol. The van der Waals surface area contributed by atoms with Crippen LogP contribution in [-0.2, 0) is 4.74 Å². The molecule has 1 aromatic carbocycles. The van der Waals surface area contributed by atoms with E-state index in [9.17, 15) is 9.18 Å². The molecule has 0 atom stereocenters. The highest BCUT2D eigenvalue weighted by molar-refractivity contribution is 14.1. The lowest BCUT2D eigenvalue weighted by molar-refractivity contribution is 0.0594. The quantitative estimate of drug-likeness (QED) is 0.583. The summed E-state index contributed by atoms with van der Waals surface area (Å²) in [4.78, 5) is 15.5. The molecule has 2 rings (SSSR count). The molecule has 0 saturated carbocycles. The zero-order valence-corrected chi connectivity index (χ0v) is 13.9. The van der Waals surface area contributed by atoms with Crippen LogP contribution >= 0.6 is 22.6 Å². The standard InChI is InChI=1S/C15H13FINO3/c1-8-4-13(15(19)21-3)18-7-10(8)9-5-12(17)14(20-2)6-11(9)16/h4-7H,1-3H3. The Bertz CT molecular complexity index is 704. The molecule has 0 spiro atoms. The van der Waals surface area contributed by atoms with Crippen LogP contribution in [0.2, 0.25) is 0 Å². The minimum atomic E-state index is -0.519. The third kappa shape index (κ3) is 3.15. The average Bonchev–Trinajstić information content (AvgIpc) is 2.48. The number of pyridine rings is 1. The average molecular weight is 401 g/mol. The van der Waals surface area contributed by atoms with Crippen LogP contribution in [-0.4, -0.2) is 25.2 Å². The molecule has 0 saturated heterocycles. The summed E-state index contributed by atoms with van der Waals surface area (Å²) in [6, 6.07) is 4.61. The van der Waals surface area contributed by atoms with Gasteiger partial charge in [-0.3, -0.25) is 0 Å². The van der Waals surface area contributed by atoms with Crippen LogP contribution in [0.4, 0.5) is 4.39 Å². The maximum absolute atomic E-state index is 14.2. The predicted octanol–water partition coefficient (Wildman–Crippen LogP) is 3.60. The number of methoxy groups -OCH3 is 2. The molecule has 6 heteroatoms. The molecule has 21 heavy (non-hydrogen) atoms. The van der Waals surface area contributed by atoms with Gasteiger partial charge < -0.3 is 9.47 Å². The number of carbonyl (C=O) groups excluding carboxylic acids is 1. The Hall–Kier alpha value is -1.70. The van der Waals surface area contributed by atoms with Crippen molar-refractivity contribution in [2.45, 2.75) is 6.92 Å². The fourth-order valence-electron chi connectivity index (χ4n) is 1.95. The van der Waals surface area contributed by atoms with Crippen molar-refractivity contribution in [1.82, 2.24) is 4.98 Å². The van der Waals surface area contributed by atoms with Crippen LogP contribution in [0.5, 0.6) is 5.75 Å². The number of ether oxygens (including phenoxy) is 2. The van der Waals surface area contributed by atoms with Crippen molar-refractivity contribution in [3.05, 3.63) is 45.0 Å². The van der Waals surface area contributed by atoms with Crippen molar-refractivity contribution < 1.29 is 18.7 Å². The third-order valence-electron chi connectivity index (χ3n) is 3.04. The molecular formula is C15H13FINO3.